The van der Waals surface area contributed by atoms with Crippen LogP contribution in [-0.4, -0.2) is 124 Å². The molecule has 0 spiro atoms. The van der Waals surface area contributed by atoms with Crippen LogP contribution >= 0.6 is 0 Å². The smallest absolute Gasteiger partial charge is 0.310 e. The third-order valence-electron chi connectivity index (χ3n) is 14.9. The fourth-order valence-corrected chi connectivity index (χ4v) is 12.5. The van der Waals surface area contributed by atoms with Crippen LogP contribution in [0.15, 0.2) is 71.0 Å². The first kappa shape index (κ1) is 64.9. The molecule has 3 N–H and O–H groups in total. The summed E-state index contributed by atoms with van der Waals surface area (Å²) in [6, 6.07) is 12.4. The first-order valence-electron chi connectivity index (χ1n) is 28.3. The zero-order valence-electron chi connectivity index (χ0n) is 50.8. The number of benzene rings is 2. The van der Waals surface area contributed by atoms with Gasteiger partial charge >= 0.3 is 11.9 Å². The van der Waals surface area contributed by atoms with Crippen LogP contribution in [0.2, 0.25) is 0 Å². The number of rotatable bonds is 20. The molecule has 19 nitrogen and oxygen atoms in total. The van der Waals surface area contributed by atoms with E-state index in [0.717, 1.165) is 42.1 Å². The number of aliphatic carboxylic acids is 1. The van der Waals surface area contributed by atoms with Gasteiger partial charge in [-0.25, -0.2) is 40.7 Å². The van der Waals surface area contributed by atoms with Crippen LogP contribution in [0.1, 0.15) is 147 Å². The molecule has 84 heavy (non-hydrogen) atoms. The number of sulfonamides is 1. The number of fused-ring (bicyclic) bond motifs is 2. The minimum Gasteiger partial charge on any atom is -0.481 e. The molecular formula is C61H81F2N9O10S2. The van der Waals surface area contributed by atoms with Gasteiger partial charge in [0.2, 0.25) is 11.8 Å². The second-order valence-electron chi connectivity index (χ2n) is 24.5. The van der Waals surface area contributed by atoms with Crippen LogP contribution in [-0.2, 0) is 84.0 Å². The molecule has 8 rings (SSSR count). The maximum absolute atomic E-state index is 14.9. The number of sulfone groups is 1. The normalized spacial score (nSPS) is 14.5. The minimum atomic E-state index is -4.01. The Bertz CT molecular complexity index is 3650. The molecule has 6 aromatic rings. The zero-order valence-corrected chi connectivity index (χ0v) is 52.4. The van der Waals surface area contributed by atoms with Crippen LogP contribution in [0.25, 0.3) is 22.3 Å². The van der Waals surface area contributed by atoms with Crippen molar-refractivity contribution in [1.82, 2.24) is 39.3 Å². The van der Waals surface area contributed by atoms with E-state index in [2.05, 4.69) is 36.9 Å². The number of hydrogen-bond donors (Lipinski definition) is 2. The second kappa shape index (κ2) is 25.5. The number of esters is 1. The van der Waals surface area contributed by atoms with Gasteiger partial charge in [-0.2, -0.15) is 10.2 Å². The van der Waals surface area contributed by atoms with Crippen molar-refractivity contribution >= 4 is 31.8 Å². The summed E-state index contributed by atoms with van der Waals surface area (Å²) in [5.41, 5.74) is 5.81. The van der Waals surface area contributed by atoms with Crippen LogP contribution in [0.4, 0.5) is 8.78 Å². The van der Waals surface area contributed by atoms with Gasteiger partial charge in [-0.15, -0.1) is 0 Å². The lowest BCUT2D eigenvalue weighted by Crippen LogP contribution is -2.39. The lowest BCUT2D eigenvalue weighted by molar-refractivity contribution is -0.154. The summed E-state index contributed by atoms with van der Waals surface area (Å²) >= 11 is 0. The Hall–Kier alpha value is -6.66. The summed E-state index contributed by atoms with van der Waals surface area (Å²) in [5.74, 6) is -1.79. The second-order valence-corrected chi connectivity index (χ2v) is 27.9. The Balaban J connectivity index is 0.000000242. The van der Waals surface area contributed by atoms with Crippen LogP contribution in [0.3, 0.4) is 0 Å². The summed E-state index contributed by atoms with van der Waals surface area (Å²) in [6.45, 7) is 29.5. The summed E-state index contributed by atoms with van der Waals surface area (Å²) in [5, 5.41) is 24.1. The van der Waals surface area contributed by atoms with E-state index in [4.69, 9.17) is 19.3 Å². The number of likely N-dealkylation sites (N-methyl/N-ethyl adjacent to an activating group) is 2. The lowest BCUT2D eigenvalue weighted by atomic mass is 9.88. The average Bonchev–Trinajstić information content (AvgIpc) is 2.38. The monoisotopic (exact) mass is 1200 g/mol. The highest BCUT2D eigenvalue weighted by Gasteiger charge is 2.37. The Morgan fingerprint density at radius 1 is 0.667 bits per heavy atom. The third kappa shape index (κ3) is 15.4. The number of nitrogens with two attached hydrogens (primary N) is 1. The molecule has 0 unspecified atom stereocenters. The van der Waals surface area contributed by atoms with Crippen molar-refractivity contribution in [2.24, 2.45) is 5.14 Å². The number of aromatic nitrogens is 6. The fraction of sp³-hybridized carbons (Fsp3) is 0.508. The van der Waals surface area contributed by atoms with E-state index in [1.807, 2.05) is 83.1 Å². The quantitative estimate of drug-likeness (QED) is 0.0676. The standard InChI is InChI=1S/C33H45FN4O5S.C28H36FN5O5S/c1-10-37-14-12-24-28(19-37)38(36-31(24)44(9,40)41)33(7,8)20-42-29-15-22(11-13-35-29)26-17-23(34)16-25(21(2)3)27(26)18-30(39)43-32(4,5)6;1-6-33-10-8-20-24(15-33)34(32-27(20)40(30,37)38)28(4,5)16-39-25-11-18(7-9-31-25)22-13-19(29)12-21(17(2)3)23(22)14-26(35)36/h11,13,15-17,21H,10,12,14,18-20H2,1-9H3;7,9,11-13,17H,6,8,10,14-16H2,1-5H3,(H,35,36)(H2,30,37,38). The summed E-state index contributed by atoms with van der Waals surface area (Å²) < 4.78 is 101. The maximum Gasteiger partial charge on any atom is 0.310 e. The Morgan fingerprint density at radius 3 is 1.46 bits per heavy atom. The molecule has 0 atom stereocenters. The summed E-state index contributed by atoms with van der Waals surface area (Å²) in [4.78, 5) is 37.7. The Labute approximate surface area is 492 Å². The van der Waals surface area contributed by atoms with E-state index in [0.29, 0.717) is 82.9 Å². The molecule has 0 aliphatic carbocycles. The van der Waals surface area contributed by atoms with Gasteiger partial charge in [0.15, 0.2) is 19.9 Å². The average molecular weight is 1200 g/mol. The van der Waals surface area contributed by atoms with Gasteiger partial charge in [-0.1, -0.05) is 41.5 Å². The van der Waals surface area contributed by atoms with Crippen molar-refractivity contribution in [3.05, 3.63) is 117 Å². The van der Waals surface area contributed by atoms with E-state index in [9.17, 15) is 40.3 Å². The Kier molecular flexibility index (Phi) is 19.7. The highest BCUT2D eigenvalue weighted by Crippen LogP contribution is 2.37. The predicted molar refractivity (Wildman–Crippen MR) is 316 cm³/mol. The van der Waals surface area contributed by atoms with E-state index >= 15 is 0 Å². The number of carbonyl (C=O) groups excluding carboxylic acids is 1. The molecule has 2 aliphatic rings. The van der Waals surface area contributed by atoms with Crippen LogP contribution in [0, 0.1) is 11.6 Å². The number of nitrogens with zero attached hydrogens (tertiary/aromatic N) is 8. The Morgan fingerprint density at radius 2 is 1.08 bits per heavy atom. The van der Waals surface area contributed by atoms with Gasteiger partial charge < -0.3 is 19.3 Å². The number of ether oxygens (including phenoxy) is 3. The van der Waals surface area contributed by atoms with Gasteiger partial charge in [0.25, 0.3) is 10.0 Å². The number of halogens is 2. The van der Waals surface area contributed by atoms with Gasteiger partial charge in [0, 0.05) is 68.1 Å². The van der Waals surface area contributed by atoms with Gasteiger partial charge in [-0.05, 0) is 167 Å². The number of primary sulfonamides is 1. The van der Waals surface area contributed by atoms with Crippen molar-refractivity contribution in [2.75, 3.05) is 45.6 Å². The number of carboxylic acids is 1. The lowest BCUT2D eigenvalue weighted by Gasteiger charge is -2.31. The maximum atomic E-state index is 14.9. The van der Waals surface area contributed by atoms with Crippen molar-refractivity contribution in [3.8, 4) is 34.0 Å². The molecule has 0 saturated heterocycles. The van der Waals surface area contributed by atoms with Gasteiger partial charge in [-0.3, -0.25) is 28.8 Å². The molecule has 2 aromatic carbocycles. The topological polar surface area (TPSA) is 244 Å². The third-order valence-corrected chi connectivity index (χ3v) is 16.8. The van der Waals surface area contributed by atoms with Crippen molar-refractivity contribution in [3.63, 3.8) is 0 Å². The van der Waals surface area contributed by atoms with E-state index in [-0.39, 0.29) is 53.8 Å². The van der Waals surface area contributed by atoms with Crippen LogP contribution < -0.4 is 14.6 Å². The molecule has 0 fully saturated rings. The molecule has 0 saturated carbocycles. The molecule has 456 valence electrons. The van der Waals surface area contributed by atoms with E-state index < -0.39 is 60.1 Å². The van der Waals surface area contributed by atoms with Crippen molar-refractivity contribution in [2.45, 2.75) is 167 Å². The molecule has 23 heteroatoms. The predicted octanol–water partition coefficient (Wildman–Crippen LogP) is 9.36. The van der Waals surface area contributed by atoms with Gasteiger partial charge in [0.1, 0.15) is 30.4 Å². The number of pyridine rings is 2. The van der Waals surface area contributed by atoms with Crippen molar-refractivity contribution in [1.29, 1.82) is 0 Å². The first-order chi connectivity index (χ1) is 39.1. The zero-order chi connectivity index (χ0) is 62.0. The molecule has 2 aliphatic heterocycles. The molecule has 6 heterocycles. The minimum absolute atomic E-state index is 0.00615. The number of hydrogen-bond acceptors (Lipinski definition) is 15. The molecular weight excluding hydrogens is 1120 g/mol. The van der Waals surface area contributed by atoms with E-state index in [1.54, 1.807) is 39.8 Å². The number of carboxylic acid groups (broad SMARTS) is 1. The van der Waals surface area contributed by atoms with Crippen molar-refractivity contribution < 1.29 is 54.5 Å². The van der Waals surface area contributed by atoms with E-state index in [1.165, 1.54) is 36.7 Å². The fourth-order valence-electron chi connectivity index (χ4n) is 10.8. The SMILES string of the molecule is CCN1CCc2c(S(C)(=O)=O)nn(C(C)(C)COc3cc(-c4cc(F)cc(C(C)C)c4CC(=O)OC(C)(C)C)ccn3)c2C1.CCN1CCc2c(S(N)(=O)=O)nn(C(C)(C)COc3cc(-c4cc(F)cc(C(C)C)c4CC(=O)O)ccn3)c2C1. The molecule has 0 bridgehead atoms. The highest BCUT2D eigenvalue weighted by molar-refractivity contribution is 7.90. The summed E-state index contributed by atoms with van der Waals surface area (Å²) in [6.07, 6.45) is 5.19. The first-order valence-corrected chi connectivity index (χ1v) is 31.7. The van der Waals surface area contributed by atoms with Crippen LogP contribution in [0.5, 0.6) is 11.8 Å². The molecule has 4 aromatic heterocycles. The molecule has 0 radical (unpaired) electrons. The summed E-state index contributed by atoms with van der Waals surface area (Å²) in [7, 11) is -7.53. The van der Waals surface area contributed by atoms with Gasteiger partial charge in [0.05, 0.1) is 35.3 Å². The number of carbonyl (C=O) groups is 2. The largest absolute Gasteiger partial charge is 0.481 e. The highest BCUT2D eigenvalue weighted by atomic mass is 32.2. The molecule has 0 amide bonds.